The van der Waals surface area contributed by atoms with Gasteiger partial charge in [0.2, 0.25) is 0 Å². The fraction of sp³-hybridized carbons (Fsp3) is 0.333. The number of nitrogens with zero attached hydrogens (tertiary/aromatic N) is 1. The largest absolute Gasteiger partial charge is 0.347 e. The summed E-state index contributed by atoms with van der Waals surface area (Å²) in [6.45, 7) is 2.02. The first-order chi connectivity index (χ1) is 15.9. The Morgan fingerprint density at radius 3 is 1.50 bits per heavy atom. The lowest BCUT2D eigenvalue weighted by molar-refractivity contribution is -0.278. The van der Waals surface area contributed by atoms with E-state index in [-0.39, 0.29) is 36.9 Å². The van der Waals surface area contributed by atoms with Crippen LogP contribution in [-0.4, -0.2) is 42.4 Å². The summed E-state index contributed by atoms with van der Waals surface area (Å²) in [6, 6.07) is 31.1. The van der Waals surface area contributed by atoms with E-state index in [0.717, 1.165) is 17.7 Å². The van der Waals surface area contributed by atoms with Crippen molar-refractivity contribution in [1.29, 1.82) is 0 Å². The molecule has 0 aromatic heterocycles. The maximum atomic E-state index is 6.57. The third-order valence-corrected chi connectivity index (χ3v) is 6.68. The predicted molar refractivity (Wildman–Crippen MR) is 120 cm³/mol. The van der Waals surface area contributed by atoms with Gasteiger partial charge in [0.1, 0.15) is 12.2 Å². The fourth-order valence-corrected chi connectivity index (χ4v) is 5.11. The van der Waals surface area contributed by atoms with Crippen molar-refractivity contribution in [1.82, 2.24) is 4.90 Å². The van der Waals surface area contributed by atoms with Gasteiger partial charge in [-0.15, -0.1) is 0 Å². The van der Waals surface area contributed by atoms with Gasteiger partial charge in [0.15, 0.2) is 12.6 Å². The van der Waals surface area contributed by atoms with E-state index in [1.165, 1.54) is 5.56 Å². The van der Waals surface area contributed by atoms with Crippen molar-refractivity contribution >= 4 is 0 Å². The van der Waals surface area contributed by atoms with Crippen molar-refractivity contribution in [3.05, 3.63) is 108 Å². The van der Waals surface area contributed by atoms with E-state index >= 15 is 0 Å². The lowest BCUT2D eigenvalue weighted by Crippen LogP contribution is -2.47. The summed E-state index contributed by atoms with van der Waals surface area (Å²) in [5.41, 5.74) is 3.34. The van der Waals surface area contributed by atoms with Gasteiger partial charge < -0.3 is 18.9 Å². The van der Waals surface area contributed by atoms with Crippen LogP contribution in [0.25, 0.3) is 0 Å². The van der Waals surface area contributed by atoms with Crippen molar-refractivity contribution in [2.75, 3.05) is 13.2 Å². The second-order valence-electron chi connectivity index (χ2n) is 8.65. The molecule has 3 aromatic rings. The van der Waals surface area contributed by atoms with Crippen LogP contribution in [0.15, 0.2) is 91.0 Å². The number of hydrogen-bond donors (Lipinski definition) is 0. The Morgan fingerprint density at radius 1 is 0.594 bits per heavy atom. The molecule has 5 nitrogen and oxygen atoms in total. The molecule has 3 fully saturated rings. The number of fused-ring (bicyclic) bond motifs is 3. The van der Waals surface area contributed by atoms with Crippen LogP contribution in [0.3, 0.4) is 0 Å². The van der Waals surface area contributed by atoms with Gasteiger partial charge in [-0.2, -0.15) is 0 Å². The molecular formula is C27H27NO4. The van der Waals surface area contributed by atoms with Gasteiger partial charge >= 0.3 is 0 Å². The van der Waals surface area contributed by atoms with E-state index in [4.69, 9.17) is 18.9 Å². The molecule has 0 radical (unpaired) electrons. The average Bonchev–Trinajstić information content (AvgIpc) is 3.18. The highest BCUT2D eigenvalue weighted by Crippen LogP contribution is 2.43. The quantitative estimate of drug-likeness (QED) is 0.612. The van der Waals surface area contributed by atoms with Crippen LogP contribution in [0.4, 0.5) is 0 Å². The van der Waals surface area contributed by atoms with Crippen LogP contribution < -0.4 is 0 Å². The molecule has 0 spiro atoms. The van der Waals surface area contributed by atoms with Crippen molar-refractivity contribution in [3.8, 4) is 0 Å². The molecule has 32 heavy (non-hydrogen) atoms. The standard InChI is InChI=1S/C27H27NO4/c1-4-10-19(11-5-1)16-28-22-17-29-26(20-12-6-2-7-13-20)31-24(22)25-23(28)18-30-27(32-25)21-14-8-3-9-15-21/h1-15,22-27H,16-18H2. The third kappa shape index (κ3) is 3.76. The molecule has 3 aliphatic rings. The molecule has 3 saturated heterocycles. The summed E-state index contributed by atoms with van der Waals surface area (Å²) in [6.07, 6.45) is -0.927. The molecular weight excluding hydrogens is 402 g/mol. The Morgan fingerprint density at radius 2 is 1.03 bits per heavy atom. The first-order valence-electron chi connectivity index (χ1n) is 11.3. The monoisotopic (exact) mass is 429 g/mol. The molecule has 6 rings (SSSR count). The van der Waals surface area contributed by atoms with Crippen molar-refractivity contribution < 1.29 is 18.9 Å². The minimum absolute atomic E-state index is 0.0854. The van der Waals surface area contributed by atoms with E-state index in [2.05, 4.69) is 53.4 Å². The Balaban J connectivity index is 1.28. The topological polar surface area (TPSA) is 40.2 Å². The van der Waals surface area contributed by atoms with Crippen molar-refractivity contribution in [2.24, 2.45) is 0 Å². The van der Waals surface area contributed by atoms with E-state index in [0.29, 0.717) is 13.2 Å². The maximum Gasteiger partial charge on any atom is 0.184 e. The third-order valence-electron chi connectivity index (χ3n) is 6.68. The van der Waals surface area contributed by atoms with Crippen LogP contribution in [0, 0.1) is 0 Å². The maximum absolute atomic E-state index is 6.57. The summed E-state index contributed by atoms with van der Waals surface area (Å²) < 4.78 is 25.6. The Hall–Kier alpha value is -2.54. The molecule has 5 heteroatoms. The highest BCUT2D eigenvalue weighted by molar-refractivity contribution is 5.21. The highest BCUT2D eigenvalue weighted by Gasteiger charge is 2.56. The summed E-state index contributed by atoms with van der Waals surface area (Å²) in [7, 11) is 0. The minimum Gasteiger partial charge on any atom is -0.347 e. The Kier molecular flexibility index (Phi) is 5.51. The number of rotatable bonds is 4. The molecule has 6 unspecified atom stereocenters. The summed E-state index contributed by atoms with van der Waals surface area (Å²) >= 11 is 0. The van der Waals surface area contributed by atoms with Gasteiger partial charge in [-0.25, -0.2) is 0 Å². The van der Waals surface area contributed by atoms with Crippen molar-refractivity contribution in [3.63, 3.8) is 0 Å². The fourth-order valence-electron chi connectivity index (χ4n) is 5.11. The normalized spacial score (nSPS) is 32.2. The molecule has 3 aliphatic heterocycles. The first-order valence-corrected chi connectivity index (χ1v) is 11.3. The van der Waals surface area contributed by atoms with Gasteiger partial charge in [0.05, 0.1) is 25.3 Å². The summed E-state index contributed by atoms with van der Waals surface area (Å²) in [4.78, 5) is 2.45. The second-order valence-corrected chi connectivity index (χ2v) is 8.65. The van der Waals surface area contributed by atoms with Crippen molar-refractivity contribution in [2.45, 2.75) is 43.4 Å². The molecule has 3 heterocycles. The zero-order valence-electron chi connectivity index (χ0n) is 17.8. The highest BCUT2D eigenvalue weighted by atomic mass is 16.7. The van der Waals surface area contributed by atoms with E-state index in [1.807, 2.05) is 42.5 Å². The SMILES string of the molecule is c1ccc(CN2C3COC(c4ccccc4)OC3C3OC(c4ccccc4)OCC32)cc1. The second kappa shape index (κ2) is 8.77. The van der Waals surface area contributed by atoms with Crippen LogP contribution >= 0.6 is 0 Å². The summed E-state index contributed by atoms with van der Waals surface area (Å²) in [5, 5.41) is 0. The number of benzene rings is 3. The minimum atomic E-state index is -0.378. The molecule has 0 saturated carbocycles. The smallest absolute Gasteiger partial charge is 0.184 e. The van der Waals surface area contributed by atoms with Gasteiger partial charge in [0, 0.05) is 17.7 Å². The van der Waals surface area contributed by atoms with Gasteiger partial charge in [-0.05, 0) is 5.56 Å². The molecule has 6 atom stereocenters. The van der Waals surface area contributed by atoms with E-state index in [9.17, 15) is 0 Å². The zero-order chi connectivity index (χ0) is 21.3. The first kappa shape index (κ1) is 20.1. The predicted octanol–water partition coefficient (Wildman–Crippen LogP) is 4.47. The van der Waals surface area contributed by atoms with Crippen LogP contribution in [-0.2, 0) is 25.5 Å². The van der Waals surface area contributed by atoms with Gasteiger partial charge in [-0.3, -0.25) is 4.90 Å². The Labute approximate surface area is 188 Å². The van der Waals surface area contributed by atoms with Gasteiger partial charge in [0.25, 0.3) is 0 Å². The lowest BCUT2D eigenvalue weighted by Gasteiger charge is -2.37. The zero-order valence-corrected chi connectivity index (χ0v) is 17.8. The average molecular weight is 430 g/mol. The molecule has 0 amide bonds. The van der Waals surface area contributed by atoms with Gasteiger partial charge in [-0.1, -0.05) is 91.0 Å². The van der Waals surface area contributed by atoms with Crippen LogP contribution in [0.5, 0.6) is 0 Å². The van der Waals surface area contributed by atoms with Crippen LogP contribution in [0.2, 0.25) is 0 Å². The van der Waals surface area contributed by atoms with E-state index in [1.54, 1.807) is 0 Å². The molecule has 0 bridgehead atoms. The Bertz CT molecular complexity index is 952. The summed E-state index contributed by atoms with van der Waals surface area (Å²) in [5.74, 6) is 0. The molecule has 3 aromatic carbocycles. The number of hydrogen-bond acceptors (Lipinski definition) is 5. The van der Waals surface area contributed by atoms with Crippen LogP contribution in [0.1, 0.15) is 29.3 Å². The molecule has 164 valence electrons. The number of ether oxygens (including phenoxy) is 4. The lowest BCUT2D eigenvalue weighted by atomic mass is 10.0. The molecule has 0 aliphatic carbocycles. The number of likely N-dealkylation sites (tertiary alicyclic amines) is 1. The molecule has 0 N–H and O–H groups in total. The van der Waals surface area contributed by atoms with E-state index < -0.39 is 0 Å².